The molecule has 1 atom stereocenters. The van der Waals surface area contributed by atoms with E-state index in [0.717, 1.165) is 0 Å². The van der Waals surface area contributed by atoms with Crippen molar-refractivity contribution >= 4 is 20.5 Å². The first-order chi connectivity index (χ1) is 16.4. The maximum absolute atomic E-state index is 13.8. The summed E-state index contributed by atoms with van der Waals surface area (Å²) in [7, 11) is -7.74. The Balaban J connectivity index is 1.56. The highest BCUT2D eigenvalue weighted by Gasteiger charge is 2.30. The Kier molecular flexibility index (Phi) is 7.54. The molecule has 6 nitrogen and oxygen atoms in total. The molecule has 8 heteroatoms. The van der Waals surface area contributed by atoms with E-state index in [0.29, 0.717) is 17.1 Å². The van der Waals surface area contributed by atoms with Crippen LogP contribution in [0.4, 0.5) is 0 Å². The largest absolute Gasteiger partial charge is 0.431 e. The average Bonchev–Trinajstić information content (AvgIpc) is 2.85. The third kappa shape index (κ3) is 6.39. The van der Waals surface area contributed by atoms with Gasteiger partial charge in [0, 0.05) is 0 Å². The highest BCUT2D eigenvalue weighted by atomic mass is 31.2. The first kappa shape index (κ1) is 23.8. The zero-order chi connectivity index (χ0) is 23.9. The fourth-order valence-corrected chi connectivity index (χ4v) is 5.97. The molecule has 0 spiro atoms. The van der Waals surface area contributed by atoms with Gasteiger partial charge in [-0.2, -0.15) is 0 Å². The summed E-state index contributed by atoms with van der Waals surface area (Å²) in [6.45, 7) is 0. The molecule has 0 fully saturated rings. The highest BCUT2D eigenvalue weighted by Crippen LogP contribution is 2.50. The zero-order valence-electron chi connectivity index (χ0n) is 18.3. The van der Waals surface area contributed by atoms with Crippen molar-refractivity contribution in [2.24, 2.45) is 0 Å². The van der Waals surface area contributed by atoms with Crippen molar-refractivity contribution in [2.75, 3.05) is 6.16 Å². The van der Waals surface area contributed by atoms with Crippen LogP contribution in [-0.2, 0) is 15.6 Å². The molecular weight excluding hydrogens is 470 g/mol. The van der Waals surface area contributed by atoms with Crippen LogP contribution in [0.25, 0.3) is 0 Å². The lowest BCUT2D eigenvalue weighted by Crippen LogP contribution is -2.11. The van der Waals surface area contributed by atoms with E-state index >= 15 is 0 Å². The van der Waals surface area contributed by atoms with Gasteiger partial charge in [0.15, 0.2) is 0 Å². The van der Waals surface area contributed by atoms with Crippen molar-refractivity contribution in [3.8, 4) is 17.2 Å². The van der Waals surface area contributed by atoms with Gasteiger partial charge in [-0.25, -0.2) is 9.13 Å². The van der Waals surface area contributed by atoms with E-state index in [4.69, 9.17) is 13.6 Å². The third-order valence-electron chi connectivity index (χ3n) is 4.91. The predicted molar refractivity (Wildman–Crippen MR) is 133 cm³/mol. The third-order valence-corrected chi connectivity index (χ3v) is 8.05. The summed E-state index contributed by atoms with van der Waals surface area (Å²) >= 11 is 0. The Morgan fingerprint density at radius 2 is 1.06 bits per heavy atom. The molecule has 4 rings (SSSR count). The average molecular weight is 494 g/mol. The van der Waals surface area contributed by atoms with E-state index in [1.165, 1.54) is 0 Å². The van der Waals surface area contributed by atoms with Crippen molar-refractivity contribution in [2.45, 2.75) is 6.42 Å². The Labute approximate surface area is 198 Å². The van der Waals surface area contributed by atoms with E-state index in [9.17, 15) is 14.0 Å². The summed E-state index contributed by atoms with van der Waals surface area (Å²) in [5.41, 5.74) is 0.612. The minimum absolute atomic E-state index is 0.0260. The van der Waals surface area contributed by atoms with Crippen LogP contribution in [0.5, 0.6) is 17.2 Å². The number of rotatable bonds is 10. The molecule has 4 aromatic carbocycles. The van der Waals surface area contributed by atoms with Gasteiger partial charge in [-0.1, -0.05) is 72.8 Å². The molecule has 4 aromatic rings. The molecule has 0 aliphatic heterocycles. The van der Waals surface area contributed by atoms with E-state index in [1.807, 2.05) is 12.1 Å². The lowest BCUT2D eigenvalue weighted by molar-refractivity contribution is 0.385. The van der Waals surface area contributed by atoms with Crippen LogP contribution < -0.4 is 18.9 Å². The Bertz CT molecular complexity index is 1250. The van der Waals surface area contributed by atoms with Crippen molar-refractivity contribution in [3.05, 3.63) is 121 Å². The monoisotopic (exact) mass is 494 g/mol. The SMILES string of the molecule is O=P(CCc1ccccc1OP(=O)(O)c1ccccc1)(Oc1ccccc1)Oc1ccccc1. The fourth-order valence-electron chi connectivity index (χ4n) is 3.25. The maximum atomic E-state index is 13.8. The van der Waals surface area contributed by atoms with E-state index in [-0.39, 0.29) is 23.6 Å². The summed E-state index contributed by atoms with van der Waals surface area (Å²) in [6.07, 6.45) is 0.264. The van der Waals surface area contributed by atoms with Gasteiger partial charge in [0.1, 0.15) is 17.2 Å². The van der Waals surface area contributed by atoms with E-state index < -0.39 is 15.2 Å². The van der Waals surface area contributed by atoms with Gasteiger partial charge >= 0.3 is 15.2 Å². The molecule has 0 radical (unpaired) electrons. The molecule has 1 unspecified atom stereocenters. The molecular formula is C26H24O6P2. The quantitative estimate of drug-likeness (QED) is 0.255. The van der Waals surface area contributed by atoms with Gasteiger partial charge in [0.2, 0.25) is 0 Å². The molecule has 0 aliphatic rings. The van der Waals surface area contributed by atoms with Gasteiger partial charge in [-0.05, 0) is 54.4 Å². The highest BCUT2D eigenvalue weighted by molar-refractivity contribution is 7.61. The summed E-state index contributed by atoms with van der Waals surface area (Å²) < 4.78 is 43.8. The van der Waals surface area contributed by atoms with Crippen molar-refractivity contribution in [3.63, 3.8) is 0 Å². The van der Waals surface area contributed by atoms with Crippen LogP contribution in [0.3, 0.4) is 0 Å². The Hall–Kier alpha value is -3.30. The molecule has 0 aromatic heterocycles. The fraction of sp³-hybridized carbons (Fsp3) is 0.0769. The predicted octanol–water partition coefficient (Wildman–Crippen LogP) is 6.47. The second kappa shape index (κ2) is 10.8. The molecule has 0 bridgehead atoms. The normalized spacial score (nSPS) is 13.0. The van der Waals surface area contributed by atoms with Crippen LogP contribution in [0.1, 0.15) is 5.56 Å². The van der Waals surface area contributed by atoms with Gasteiger partial charge in [-0.15, -0.1) is 0 Å². The van der Waals surface area contributed by atoms with E-state index in [1.54, 1.807) is 103 Å². The first-order valence-corrected chi connectivity index (χ1v) is 14.0. The topological polar surface area (TPSA) is 82.1 Å². The minimum Gasteiger partial charge on any atom is -0.421 e. The molecule has 0 aliphatic carbocycles. The van der Waals surface area contributed by atoms with Crippen LogP contribution in [0, 0.1) is 0 Å². The number of para-hydroxylation sites is 3. The second-order valence-electron chi connectivity index (χ2n) is 7.45. The Morgan fingerprint density at radius 1 is 0.588 bits per heavy atom. The molecule has 0 amide bonds. The molecule has 0 saturated heterocycles. The summed E-state index contributed by atoms with van der Waals surface area (Å²) in [5, 5.41) is 0.190. The maximum Gasteiger partial charge on any atom is 0.431 e. The van der Waals surface area contributed by atoms with Crippen LogP contribution in [-0.4, -0.2) is 11.1 Å². The summed E-state index contributed by atoms with van der Waals surface area (Å²) in [6, 6.07) is 32.7. The van der Waals surface area contributed by atoms with Crippen molar-refractivity contribution in [1.29, 1.82) is 0 Å². The second-order valence-corrected chi connectivity index (χ2v) is 11.2. The lowest BCUT2D eigenvalue weighted by atomic mass is 10.1. The van der Waals surface area contributed by atoms with Crippen molar-refractivity contribution in [1.82, 2.24) is 0 Å². The first-order valence-electron chi connectivity index (χ1n) is 10.7. The standard InChI is InChI=1S/C26H24O6P2/c27-33(30-23-13-4-1-5-14-23,31-24-15-6-2-7-16-24)21-20-22-12-10-11-19-26(22)32-34(28,29)25-17-8-3-9-18-25/h1-19H,20-21H2,(H,28,29). The smallest absolute Gasteiger partial charge is 0.421 e. The van der Waals surface area contributed by atoms with Gasteiger partial charge in [0.05, 0.1) is 11.5 Å². The number of aryl methyl sites for hydroxylation is 1. The minimum atomic E-state index is -4.10. The molecule has 174 valence electrons. The van der Waals surface area contributed by atoms with Crippen LogP contribution in [0.2, 0.25) is 0 Å². The molecule has 1 N–H and O–H groups in total. The lowest BCUT2D eigenvalue weighted by Gasteiger charge is -2.21. The molecule has 0 saturated carbocycles. The van der Waals surface area contributed by atoms with E-state index in [2.05, 4.69) is 0 Å². The van der Waals surface area contributed by atoms with Gasteiger partial charge in [-0.3, -0.25) is 0 Å². The summed E-state index contributed by atoms with van der Waals surface area (Å²) in [5.74, 6) is 1.09. The Morgan fingerprint density at radius 3 is 1.62 bits per heavy atom. The molecule has 0 heterocycles. The van der Waals surface area contributed by atoms with Crippen LogP contribution >= 0.6 is 15.2 Å². The number of hydrogen-bond acceptors (Lipinski definition) is 5. The molecule has 34 heavy (non-hydrogen) atoms. The van der Waals surface area contributed by atoms with Gasteiger partial charge < -0.3 is 18.5 Å². The summed E-state index contributed by atoms with van der Waals surface area (Å²) in [4.78, 5) is 10.5. The van der Waals surface area contributed by atoms with Crippen molar-refractivity contribution < 1.29 is 27.6 Å². The van der Waals surface area contributed by atoms with Crippen LogP contribution in [0.15, 0.2) is 115 Å². The zero-order valence-corrected chi connectivity index (χ0v) is 20.1. The number of benzene rings is 4. The number of hydrogen-bond donors (Lipinski definition) is 1. The van der Waals surface area contributed by atoms with Gasteiger partial charge in [0.25, 0.3) is 0 Å².